The van der Waals surface area contributed by atoms with Gasteiger partial charge in [0.2, 0.25) is 0 Å². The molecular weight excluding hydrogens is 382 g/mol. The van der Waals surface area contributed by atoms with Crippen LogP contribution in [0.1, 0.15) is 22.0 Å². The lowest BCUT2D eigenvalue weighted by Crippen LogP contribution is -2.64. The summed E-state index contributed by atoms with van der Waals surface area (Å²) in [5.41, 5.74) is 2.02. The highest BCUT2D eigenvalue weighted by molar-refractivity contribution is 7.80. The van der Waals surface area contributed by atoms with Gasteiger partial charge in [0.15, 0.2) is 5.11 Å². The molecule has 0 aliphatic carbocycles. The van der Waals surface area contributed by atoms with Crippen molar-refractivity contribution >= 4 is 34.8 Å². The minimum Gasteiger partial charge on any atom is -0.352 e. The van der Waals surface area contributed by atoms with Gasteiger partial charge in [0.1, 0.15) is 6.04 Å². The van der Waals surface area contributed by atoms with Crippen molar-refractivity contribution in [1.82, 2.24) is 10.6 Å². The number of thiocarbonyl (C=S) groups is 1. The Labute approximate surface area is 174 Å². The lowest BCUT2D eigenvalue weighted by molar-refractivity contribution is -0.120. The molecule has 0 saturated carbocycles. The van der Waals surface area contributed by atoms with Gasteiger partial charge in [0, 0.05) is 5.56 Å². The van der Waals surface area contributed by atoms with Crippen LogP contribution in [0.3, 0.4) is 0 Å². The standard InChI is InChI=1S/C23H19N3O2S/c27-21(17-12-6-2-7-13-17)24-20-19(16-10-4-1-5-11-16)25-23(29)26(22(20)28)18-14-8-3-9-15-18/h1-15,19-20H,(H,24,27)(H,25,29)/t19-,20-/m1/s1. The average Bonchev–Trinajstić information content (AvgIpc) is 2.77. The molecule has 0 bridgehead atoms. The maximum absolute atomic E-state index is 13.5. The monoisotopic (exact) mass is 401 g/mol. The van der Waals surface area contributed by atoms with E-state index in [2.05, 4.69) is 10.6 Å². The Morgan fingerprint density at radius 2 is 1.41 bits per heavy atom. The van der Waals surface area contributed by atoms with Gasteiger partial charge in [-0.05, 0) is 42.0 Å². The molecule has 1 fully saturated rings. The Balaban J connectivity index is 1.70. The number of nitrogens with one attached hydrogen (secondary N) is 2. The van der Waals surface area contributed by atoms with Gasteiger partial charge in [-0.3, -0.25) is 14.5 Å². The summed E-state index contributed by atoms with van der Waals surface area (Å²) in [6, 6.07) is 26.2. The van der Waals surface area contributed by atoms with Crippen LogP contribution in [0.25, 0.3) is 0 Å². The lowest BCUT2D eigenvalue weighted by atomic mass is 9.95. The largest absolute Gasteiger partial charge is 0.352 e. The third-order valence-electron chi connectivity index (χ3n) is 4.80. The first kappa shape index (κ1) is 18.8. The zero-order valence-electron chi connectivity index (χ0n) is 15.5. The predicted octanol–water partition coefficient (Wildman–Crippen LogP) is 3.45. The molecule has 1 aliphatic rings. The van der Waals surface area contributed by atoms with Crippen LogP contribution < -0.4 is 15.5 Å². The molecule has 6 heteroatoms. The fourth-order valence-corrected chi connectivity index (χ4v) is 3.70. The van der Waals surface area contributed by atoms with Gasteiger partial charge in [0.25, 0.3) is 11.8 Å². The Kier molecular flexibility index (Phi) is 5.35. The van der Waals surface area contributed by atoms with Crippen LogP contribution in [-0.2, 0) is 4.79 Å². The Morgan fingerprint density at radius 1 is 0.862 bits per heavy atom. The van der Waals surface area contributed by atoms with E-state index in [4.69, 9.17) is 12.2 Å². The number of benzene rings is 3. The number of anilines is 1. The summed E-state index contributed by atoms with van der Waals surface area (Å²) in [6.07, 6.45) is 0. The van der Waals surface area contributed by atoms with E-state index in [1.165, 1.54) is 4.90 Å². The van der Waals surface area contributed by atoms with Crippen LogP contribution in [-0.4, -0.2) is 23.0 Å². The van der Waals surface area contributed by atoms with Crippen LogP contribution in [0.15, 0.2) is 91.0 Å². The smallest absolute Gasteiger partial charge is 0.258 e. The van der Waals surface area contributed by atoms with Crippen LogP contribution in [0.4, 0.5) is 5.69 Å². The Hall–Kier alpha value is -3.51. The van der Waals surface area contributed by atoms with E-state index >= 15 is 0 Å². The minimum atomic E-state index is -0.822. The van der Waals surface area contributed by atoms with Crippen molar-refractivity contribution < 1.29 is 9.59 Å². The van der Waals surface area contributed by atoms with Gasteiger partial charge in [-0.15, -0.1) is 0 Å². The number of amides is 2. The van der Waals surface area contributed by atoms with Crippen molar-refractivity contribution in [2.24, 2.45) is 0 Å². The van der Waals surface area contributed by atoms with Crippen molar-refractivity contribution in [2.45, 2.75) is 12.1 Å². The molecule has 144 valence electrons. The van der Waals surface area contributed by atoms with E-state index in [9.17, 15) is 9.59 Å². The lowest BCUT2D eigenvalue weighted by Gasteiger charge is -2.39. The van der Waals surface area contributed by atoms with Gasteiger partial charge in [-0.2, -0.15) is 0 Å². The van der Waals surface area contributed by atoms with Crippen molar-refractivity contribution in [1.29, 1.82) is 0 Å². The number of carbonyl (C=O) groups excluding carboxylic acids is 2. The minimum absolute atomic E-state index is 0.280. The van der Waals surface area contributed by atoms with Crippen LogP contribution in [0.2, 0.25) is 0 Å². The summed E-state index contributed by atoms with van der Waals surface area (Å²) in [6.45, 7) is 0. The quantitative estimate of drug-likeness (QED) is 0.658. The van der Waals surface area contributed by atoms with Crippen molar-refractivity contribution in [3.8, 4) is 0 Å². The highest BCUT2D eigenvalue weighted by atomic mass is 32.1. The molecule has 1 aliphatic heterocycles. The average molecular weight is 401 g/mol. The first-order valence-corrected chi connectivity index (χ1v) is 9.66. The molecule has 0 spiro atoms. The van der Waals surface area contributed by atoms with E-state index < -0.39 is 12.1 Å². The maximum Gasteiger partial charge on any atom is 0.258 e. The van der Waals surface area contributed by atoms with E-state index in [0.29, 0.717) is 16.4 Å². The summed E-state index contributed by atoms with van der Waals surface area (Å²) in [5, 5.41) is 6.45. The zero-order chi connectivity index (χ0) is 20.2. The molecule has 2 N–H and O–H groups in total. The number of carbonyl (C=O) groups is 2. The first-order valence-electron chi connectivity index (χ1n) is 9.25. The molecule has 4 rings (SSSR count). The molecule has 0 radical (unpaired) electrons. The van der Waals surface area contributed by atoms with Gasteiger partial charge in [-0.25, -0.2) is 0 Å². The van der Waals surface area contributed by atoms with Gasteiger partial charge in [-0.1, -0.05) is 66.7 Å². The van der Waals surface area contributed by atoms with E-state index in [1.54, 1.807) is 24.3 Å². The molecule has 0 unspecified atom stereocenters. The molecule has 1 saturated heterocycles. The normalized spacial score (nSPS) is 18.8. The van der Waals surface area contributed by atoms with E-state index in [0.717, 1.165) is 5.56 Å². The molecule has 2 atom stereocenters. The van der Waals surface area contributed by atoms with Crippen LogP contribution in [0.5, 0.6) is 0 Å². The fourth-order valence-electron chi connectivity index (χ4n) is 3.38. The summed E-state index contributed by atoms with van der Waals surface area (Å²) in [5.74, 6) is -0.592. The Bertz CT molecular complexity index is 1030. The van der Waals surface area contributed by atoms with Crippen molar-refractivity contribution in [3.63, 3.8) is 0 Å². The number of hydrogen-bond acceptors (Lipinski definition) is 3. The highest BCUT2D eigenvalue weighted by Crippen LogP contribution is 2.27. The maximum atomic E-state index is 13.5. The summed E-state index contributed by atoms with van der Waals surface area (Å²) >= 11 is 5.50. The number of rotatable bonds is 4. The molecule has 3 aromatic carbocycles. The number of hydrogen-bond donors (Lipinski definition) is 2. The van der Waals surface area contributed by atoms with Crippen molar-refractivity contribution in [2.75, 3.05) is 4.90 Å². The fraction of sp³-hybridized carbons (Fsp3) is 0.0870. The van der Waals surface area contributed by atoms with Gasteiger partial charge in [0.05, 0.1) is 11.7 Å². The number of nitrogens with zero attached hydrogens (tertiary/aromatic N) is 1. The van der Waals surface area contributed by atoms with E-state index in [1.807, 2.05) is 66.7 Å². The summed E-state index contributed by atoms with van der Waals surface area (Å²) < 4.78 is 0. The topological polar surface area (TPSA) is 61.4 Å². The van der Waals surface area contributed by atoms with E-state index in [-0.39, 0.29) is 11.8 Å². The molecule has 1 heterocycles. The zero-order valence-corrected chi connectivity index (χ0v) is 16.3. The second kappa shape index (κ2) is 8.24. The third kappa shape index (κ3) is 3.88. The number of para-hydroxylation sites is 1. The van der Waals surface area contributed by atoms with Crippen molar-refractivity contribution in [3.05, 3.63) is 102 Å². The summed E-state index contributed by atoms with van der Waals surface area (Å²) in [4.78, 5) is 27.7. The summed E-state index contributed by atoms with van der Waals surface area (Å²) in [7, 11) is 0. The second-order valence-electron chi connectivity index (χ2n) is 6.66. The third-order valence-corrected chi connectivity index (χ3v) is 5.10. The molecular formula is C23H19N3O2S. The molecule has 29 heavy (non-hydrogen) atoms. The van der Waals surface area contributed by atoms with Crippen LogP contribution >= 0.6 is 12.2 Å². The van der Waals surface area contributed by atoms with Gasteiger partial charge < -0.3 is 10.6 Å². The molecule has 2 amide bonds. The molecule has 3 aromatic rings. The SMILES string of the molecule is O=C(N[C@H]1C(=O)N(c2ccccc2)C(=S)N[C@@H]1c1ccccc1)c1ccccc1. The molecule has 5 nitrogen and oxygen atoms in total. The Morgan fingerprint density at radius 3 is 2.03 bits per heavy atom. The molecule has 0 aromatic heterocycles. The second-order valence-corrected chi connectivity index (χ2v) is 7.05. The van der Waals surface area contributed by atoms with Crippen LogP contribution in [0, 0.1) is 0 Å². The first-order chi connectivity index (χ1) is 14.1. The van der Waals surface area contributed by atoms with Gasteiger partial charge >= 0.3 is 0 Å². The predicted molar refractivity (Wildman–Crippen MR) is 117 cm³/mol. The highest BCUT2D eigenvalue weighted by Gasteiger charge is 2.41.